The van der Waals surface area contributed by atoms with E-state index in [1.807, 2.05) is 30.3 Å². The molecule has 4 nitrogen and oxygen atoms in total. The van der Waals surface area contributed by atoms with Gasteiger partial charge < -0.3 is 4.74 Å². The number of carbonyl (C=O) groups excluding carboxylic acids is 3. The number of Topliss-reactive ketones (excluding diaryl/α,β-unsaturated/α-hetero) is 3. The summed E-state index contributed by atoms with van der Waals surface area (Å²) >= 11 is 0. The molecule has 0 amide bonds. The highest BCUT2D eigenvalue weighted by molar-refractivity contribution is 6.26. The first-order chi connectivity index (χ1) is 15.8. The Morgan fingerprint density at radius 3 is 2.48 bits per heavy atom. The van der Waals surface area contributed by atoms with E-state index in [1.54, 1.807) is 6.07 Å². The van der Waals surface area contributed by atoms with E-state index in [4.69, 9.17) is 4.74 Å². The normalized spacial score (nSPS) is 39.4. The molecule has 0 N–H and O–H groups in total. The lowest BCUT2D eigenvalue weighted by Gasteiger charge is -2.49. The van der Waals surface area contributed by atoms with E-state index in [1.165, 1.54) is 0 Å². The van der Waals surface area contributed by atoms with Crippen LogP contribution in [0.5, 0.6) is 0 Å². The molecule has 6 atom stereocenters. The number of ether oxygens (including phenoxy) is 1. The monoisotopic (exact) mass is 436 g/mol. The molecule has 2 spiro atoms. The van der Waals surface area contributed by atoms with Gasteiger partial charge in [-0.25, -0.2) is 0 Å². The number of fused-ring (bicyclic) bond motifs is 9. The lowest BCUT2D eigenvalue weighted by Crippen LogP contribution is -2.62. The topological polar surface area (TPSA) is 60.4 Å². The van der Waals surface area contributed by atoms with Gasteiger partial charge in [0.05, 0.1) is 22.9 Å². The first-order valence-electron chi connectivity index (χ1n) is 12.1. The van der Waals surface area contributed by atoms with Crippen LogP contribution in [0.25, 0.3) is 21.5 Å². The molecule has 4 fully saturated rings. The van der Waals surface area contributed by atoms with Crippen LogP contribution in [0.15, 0.2) is 48.5 Å². The van der Waals surface area contributed by atoms with Crippen molar-refractivity contribution >= 4 is 38.9 Å². The fourth-order valence-corrected chi connectivity index (χ4v) is 9.12. The van der Waals surface area contributed by atoms with E-state index < -0.39 is 29.0 Å². The predicted molar refractivity (Wildman–Crippen MR) is 123 cm³/mol. The molecule has 3 aromatic rings. The van der Waals surface area contributed by atoms with Crippen molar-refractivity contribution in [3.63, 3.8) is 0 Å². The molecule has 5 aliphatic rings. The highest BCUT2D eigenvalue weighted by Crippen LogP contribution is 2.80. The summed E-state index contributed by atoms with van der Waals surface area (Å²) in [7, 11) is 0. The number of carbonyl (C=O) groups is 3. The van der Waals surface area contributed by atoms with Gasteiger partial charge >= 0.3 is 0 Å². The van der Waals surface area contributed by atoms with Crippen molar-refractivity contribution in [2.75, 3.05) is 0 Å². The van der Waals surface area contributed by atoms with E-state index in [-0.39, 0.29) is 22.8 Å². The third-order valence-electron chi connectivity index (χ3n) is 10.5. The van der Waals surface area contributed by atoms with E-state index in [0.29, 0.717) is 23.5 Å². The van der Waals surface area contributed by atoms with Crippen LogP contribution in [0, 0.1) is 28.6 Å². The molecule has 33 heavy (non-hydrogen) atoms. The quantitative estimate of drug-likeness (QED) is 0.457. The van der Waals surface area contributed by atoms with E-state index >= 15 is 0 Å². The summed E-state index contributed by atoms with van der Waals surface area (Å²) in [6.07, 6.45) is 1.72. The summed E-state index contributed by atoms with van der Waals surface area (Å²) in [5.74, 6) is -0.867. The van der Waals surface area contributed by atoms with Gasteiger partial charge in [0, 0.05) is 11.1 Å². The van der Waals surface area contributed by atoms with E-state index in [9.17, 15) is 14.4 Å². The molecule has 4 heteroatoms. The van der Waals surface area contributed by atoms with Gasteiger partial charge in [-0.3, -0.25) is 14.4 Å². The van der Waals surface area contributed by atoms with E-state index in [0.717, 1.165) is 34.4 Å². The zero-order valence-electron chi connectivity index (χ0n) is 18.7. The summed E-state index contributed by atoms with van der Waals surface area (Å²) in [6, 6.07) is 15.9. The molecular formula is C29H24O4. The summed E-state index contributed by atoms with van der Waals surface area (Å²) in [4.78, 5) is 42.0. The van der Waals surface area contributed by atoms with Crippen LogP contribution in [-0.2, 0) is 9.53 Å². The maximum Gasteiger partial charge on any atom is 0.171 e. The first kappa shape index (κ1) is 18.6. The molecule has 0 aromatic heterocycles. The number of hydrogen-bond acceptors (Lipinski definition) is 4. The zero-order valence-corrected chi connectivity index (χ0v) is 18.7. The molecule has 2 heterocycles. The van der Waals surface area contributed by atoms with Crippen LogP contribution >= 0.6 is 0 Å². The molecule has 0 radical (unpaired) electrons. The number of benzene rings is 3. The van der Waals surface area contributed by atoms with Crippen molar-refractivity contribution in [2.24, 2.45) is 28.6 Å². The molecule has 2 saturated heterocycles. The molecule has 3 aromatic carbocycles. The minimum atomic E-state index is -0.824. The highest BCUT2D eigenvalue weighted by Gasteiger charge is 2.87. The Hall–Kier alpha value is -2.85. The largest absolute Gasteiger partial charge is 0.361 e. The number of rotatable bonds is 0. The number of hydrogen-bond donors (Lipinski definition) is 0. The van der Waals surface area contributed by atoms with Gasteiger partial charge in [0.2, 0.25) is 0 Å². The molecule has 6 unspecified atom stereocenters. The van der Waals surface area contributed by atoms with Crippen molar-refractivity contribution < 1.29 is 19.1 Å². The lowest BCUT2D eigenvalue weighted by molar-refractivity contribution is -0.138. The molecule has 3 aliphatic carbocycles. The van der Waals surface area contributed by atoms with E-state index in [2.05, 4.69) is 26.0 Å². The van der Waals surface area contributed by atoms with Crippen molar-refractivity contribution in [1.29, 1.82) is 0 Å². The summed E-state index contributed by atoms with van der Waals surface area (Å²) < 4.78 is 6.57. The Labute approximate surface area is 191 Å². The van der Waals surface area contributed by atoms with Crippen LogP contribution in [0.4, 0.5) is 0 Å². The van der Waals surface area contributed by atoms with Gasteiger partial charge in [-0.15, -0.1) is 0 Å². The zero-order chi connectivity index (χ0) is 22.5. The maximum atomic E-state index is 14.4. The minimum absolute atomic E-state index is 0.00760. The Kier molecular flexibility index (Phi) is 2.97. The van der Waals surface area contributed by atoms with Crippen molar-refractivity contribution in [3.05, 3.63) is 59.7 Å². The van der Waals surface area contributed by atoms with Crippen molar-refractivity contribution in [3.8, 4) is 0 Å². The second-order valence-electron chi connectivity index (χ2n) is 11.5. The van der Waals surface area contributed by atoms with Crippen LogP contribution in [0.2, 0.25) is 0 Å². The van der Waals surface area contributed by atoms with Gasteiger partial charge in [0.15, 0.2) is 17.3 Å². The Morgan fingerprint density at radius 1 is 0.879 bits per heavy atom. The highest BCUT2D eigenvalue weighted by atomic mass is 16.5. The summed E-state index contributed by atoms with van der Waals surface area (Å²) in [6.45, 7) is 4.36. The SMILES string of the molecule is CC1(C)C2CCC13C(=O)C1OC3(C2)C2C(=O)c3c(ccc4c3ccc3ccccc34)C(=O)C12. The Morgan fingerprint density at radius 2 is 1.67 bits per heavy atom. The van der Waals surface area contributed by atoms with Gasteiger partial charge in [0.1, 0.15) is 6.10 Å². The summed E-state index contributed by atoms with van der Waals surface area (Å²) in [5.41, 5.74) is -0.669. The van der Waals surface area contributed by atoms with Crippen molar-refractivity contribution in [2.45, 2.75) is 44.8 Å². The molecular weight excluding hydrogens is 412 g/mol. The van der Waals surface area contributed by atoms with Gasteiger partial charge in [-0.1, -0.05) is 62.4 Å². The second-order valence-corrected chi connectivity index (χ2v) is 11.5. The fraction of sp³-hybridized carbons (Fsp3) is 0.414. The van der Waals surface area contributed by atoms with Crippen LogP contribution in [0.3, 0.4) is 0 Å². The second kappa shape index (κ2) is 5.28. The van der Waals surface area contributed by atoms with Crippen LogP contribution in [-0.4, -0.2) is 29.1 Å². The smallest absolute Gasteiger partial charge is 0.171 e. The molecule has 8 rings (SSSR count). The average Bonchev–Trinajstić information content (AvgIpc) is 3.44. The molecule has 4 bridgehead atoms. The number of ketones is 3. The van der Waals surface area contributed by atoms with Gasteiger partial charge in [-0.05, 0) is 52.1 Å². The average molecular weight is 437 g/mol. The molecule has 2 saturated carbocycles. The fourth-order valence-electron chi connectivity index (χ4n) is 9.12. The maximum absolute atomic E-state index is 14.4. The van der Waals surface area contributed by atoms with Gasteiger partial charge in [-0.2, -0.15) is 0 Å². The van der Waals surface area contributed by atoms with Crippen molar-refractivity contribution in [1.82, 2.24) is 0 Å². The third kappa shape index (κ3) is 1.65. The first-order valence-corrected chi connectivity index (χ1v) is 12.1. The van der Waals surface area contributed by atoms with Crippen LogP contribution in [0.1, 0.15) is 53.8 Å². The lowest BCUT2D eigenvalue weighted by atomic mass is 9.49. The van der Waals surface area contributed by atoms with Gasteiger partial charge in [0.25, 0.3) is 0 Å². The Balaban J connectivity index is 1.41. The predicted octanol–water partition coefficient (Wildman–Crippen LogP) is 5.15. The Bertz CT molecular complexity index is 1500. The molecule has 164 valence electrons. The third-order valence-corrected chi connectivity index (χ3v) is 10.5. The summed E-state index contributed by atoms with van der Waals surface area (Å²) in [5, 5.41) is 4.02. The van der Waals surface area contributed by atoms with Crippen LogP contribution < -0.4 is 0 Å². The molecule has 2 aliphatic heterocycles. The minimum Gasteiger partial charge on any atom is -0.361 e. The standard InChI is InChI=1S/C29H24O4/c1-27(2)15-11-12-28(27)26(32)25-21-22(29(28,13-15)33-25)24(31)20-18-8-7-14-5-3-4-6-16(14)17(18)9-10-19(20)23(21)30/h3-10,15,21-22,25H,11-13H2,1-2H3.